The first-order valence-electron chi connectivity index (χ1n) is 12.8. The van der Waals surface area contributed by atoms with Gasteiger partial charge in [-0.1, -0.05) is 17.7 Å². The van der Waals surface area contributed by atoms with Crippen molar-refractivity contribution in [3.63, 3.8) is 0 Å². The first-order valence-corrected chi connectivity index (χ1v) is 13.2. The minimum Gasteiger partial charge on any atom is -0.392 e. The molecule has 38 heavy (non-hydrogen) atoms. The Morgan fingerprint density at radius 2 is 1.97 bits per heavy atom. The molecule has 3 aromatic rings. The van der Waals surface area contributed by atoms with E-state index in [1.54, 1.807) is 24.3 Å². The second-order valence-corrected chi connectivity index (χ2v) is 10.8. The molecule has 1 fully saturated rings. The third kappa shape index (κ3) is 5.71. The Morgan fingerprint density at radius 1 is 1.18 bits per heavy atom. The number of carbonyl (C=O) groups excluding carboxylic acids is 1. The predicted octanol–water partition coefficient (Wildman–Crippen LogP) is 4.13. The Labute approximate surface area is 226 Å². The molecule has 0 bridgehead atoms. The van der Waals surface area contributed by atoms with E-state index >= 15 is 0 Å². The van der Waals surface area contributed by atoms with Crippen LogP contribution in [0.3, 0.4) is 0 Å². The average Bonchev–Trinajstić information content (AvgIpc) is 3.33. The number of fused-ring (bicyclic) bond motifs is 1. The van der Waals surface area contributed by atoms with Crippen molar-refractivity contribution in [2.24, 2.45) is 0 Å². The molecule has 3 N–H and O–H groups in total. The molecule has 1 aliphatic carbocycles. The standard InChI is InChI=1S/C28H32ClFN4O4/c1-38-17-24-15-33-13-21(18-6-9-31-26(12-18)32-23-4-7-28(29,37)8-5-23)11-25(33)27(36)34(24)14-20-10-22(30)3-2-19(20)16-35/h2-3,6,9-13,23-24,35,37H,4-5,7-8,14-17H2,1H3,(H,31,32)/t23?,24-,28?/m1/s1. The van der Waals surface area contributed by atoms with Crippen LogP contribution in [0.1, 0.15) is 47.3 Å². The summed E-state index contributed by atoms with van der Waals surface area (Å²) in [6, 6.07) is 9.87. The highest BCUT2D eigenvalue weighted by atomic mass is 35.5. The molecule has 1 aromatic carbocycles. The Kier molecular flexibility index (Phi) is 7.72. The molecule has 2 aromatic heterocycles. The average molecular weight is 543 g/mol. The van der Waals surface area contributed by atoms with E-state index in [1.165, 1.54) is 12.1 Å². The zero-order valence-corrected chi connectivity index (χ0v) is 22.0. The molecule has 3 heterocycles. The van der Waals surface area contributed by atoms with E-state index in [9.17, 15) is 19.4 Å². The molecule has 10 heteroatoms. The van der Waals surface area contributed by atoms with Crippen molar-refractivity contribution in [2.75, 3.05) is 19.0 Å². The van der Waals surface area contributed by atoms with Crippen LogP contribution in [0.4, 0.5) is 10.2 Å². The lowest BCUT2D eigenvalue weighted by atomic mass is 9.92. The lowest BCUT2D eigenvalue weighted by molar-refractivity contribution is 0.0386. The number of hydrogen-bond acceptors (Lipinski definition) is 6. The van der Waals surface area contributed by atoms with Gasteiger partial charge in [-0.25, -0.2) is 9.37 Å². The van der Waals surface area contributed by atoms with Gasteiger partial charge in [0, 0.05) is 44.2 Å². The van der Waals surface area contributed by atoms with Crippen LogP contribution >= 0.6 is 11.6 Å². The molecule has 0 radical (unpaired) electrons. The fourth-order valence-corrected chi connectivity index (χ4v) is 5.57. The van der Waals surface area contributed by atoms with Gasteiger partial charge in [-0.05, 0) is 72.7 Å². The van der Waals surface area contributed by atoms with Crippen LogP contribution in [0, 0.1) is 5.82 Å². The zero-order chi connectivity index (χ0) is 26.9. The molecule has 0 unspecified atom stereocenters. The topological polar surface area (TPSA) is 99.8 Å². The van der Waals surface area contributed by atoms with E-state index in [0.717, 1.165) is 29.8 Å². The smallest absolute Gasteiger partial charge is 0.271 e. The van der Waals surface area contributed by atoms with Crippen LogP contribution in [0.15, 0.2) is 48.8 Å². The predicted molar refractivity (Wildman–Crippen MR) is 142 cm³/mol. The summed E-state index contributed by atoms with van der Waals surface area (Å²) in [6.07, 6.45) is 6.24. The third-order valence-electron chi connectivity index (χ3n) is 7.46. The normalized spacial score (nSPS) is 23.4. The summed E-state index contributed by atoms with van der Waals surface area (Å²) in [5.41, 5.74) is 3.50. The highest BCUT2D eigenvalue weighted by molar-refractivity contribution is 6.22. The Hall–Kier alpha value is -2.98. The Bertz CT molecular complexity index is 1300. The summed E-state index contributed by atoms with van der Waals surface area (Å²) >= 11 is 6.06. The number of nitrogens with one attached hydrogen (secondary N) is 1. The van der Waals surface area contributed by atoms with Crippen molar-refractivity contribution in [3.05, 3.63) is 71.4 Å². The van der Waals surface area contributed by atoms with Gasteiger partial charge in [0.05, 0.1) is 19.3 Å². The van der Waals surface area contributed by atoms with Crippen molar-refractivity contribution in [3.8, 4) is 11.1 Å². The Morgan fingerprint density at radius 3 is 2.71 bits per heavy atom. The molecule has 1 aliphatic heterocycles. The van der Waals surface area contributed by atoms with Crippen molar-refractivity contribution in [1.82, 2.24) is 14.5 Å². The number of hydrogen-bond donors (Lipinski definition) is 3. The lowest BCUT2D eigenvalue weighted by Crippen LogP contribution is -2.49. The molecule has 0 spiro atoms. The van der Waals surface area contributed by atoms with Gasteiger partial charge in [-0.3, -0.25) is 4.79 Å². The Balaban J connectivity index is 1.38. The summed E-state index contributed by atoms with van der Waals surface area (Å²) in [5.74, 6) is 0.134. The fraction of sp³-hybridized carbons (Fsp3) is 0.429. The second kappa shape index (κ2) is 11.0. The van der Waals surface area contributed by atoms with Crippen molar-refractivity contribution in [1.29, 1.82) is 0 Å². The molecule has 8 nitrogen and oxygen atoms in total. The SMILES string of the molecule is COC[C@H]1Cn2cc(-c3ccnc(NC4CCC(O)(Cl)CC4)c3)cc2C(=O)N1Cc1cc(F)ccc1CO. The van der Waals surface area contributed by atoms with Crippen LogP contribution < -0.4 is 5.32 Å². The van der Waals surface area contributed by atoms with Crippen LogP contribution in [0.2, 0.25) is 0 Å². The van der Waals surface area contributed by atoms with Crippen LogP contribution in [-0.4, -0.2) is 61.4 Å². The van der Waals surface area contributed by atoms with Gasteiger partial charge in [-0.2, -0.15) is 0 Å². The number of rotatable bonds is 8. The van der Waals surface area contributed by atoms with Crippen LogP contribution in [0.25, 0.3) is 11.1 Å². The minimum atomic E-state index is -1.12. The van der Waals surface area contributed by atoms with Crippen LogP contribution in [0.5, 0.6) is 0 Å². The molecular weight excluding hydrogens is 511 g/mol. The van der Waals surface area contributed by atoms with Gasteiger partial charge in [-0.15, -0.1) is 0 Å². The van der Waals surface area contributed by atoms with Gasteiger partial charge >= 0.3 is 0 Å². The minimum absolute atomic E-state index is 0.170. The summed E-state index contributed by atoms with van der Waals surface area (Å²) in [5, 5.41) is 22.1. The number of nitrogens with zero attached hydrogens (tertiary/aromatic N) is 3. The molecule has 1 amide bonds. The van der Waals surface area contributed by atoms with E-state index in [4.69, 9.17) is 16.3 Å². The largest absolute Gasteiger partial charge is 0.392 e. The molecule has 5 rings (SSSR count). The van der Waals surface area contributed by atoms with Crippen molar-refractivity contribution < 1.29 is 24.1 Å². The zero-order valence-electron chi connectivity index (χ0n) is 21.2. The third-order valence-corrected chi connectivity index (χ3v) is 7.84. The van der Waals surface area contributed by atoms with Crippen molar-refractivity contribution >= 4 is 23.3 Å². The van der Waals surface area contributed by atoms with Crippen LogP contribution in [-0.2, 0) is 24.4 Å². The number of halogens is 2. The number of aromatic nitrogens is 2. The van der Waals surface area contributed by atoms with Gasteiger partial charge in [0.1, 0.15) is 22.4 Å². The fourth-order valence-electron chi connectivity index (χ4n) is 5.36. The number of aliphatic hydroxyl groups excluding tert-OH is 1. The molecular formula is C28H32ClFN4O4. The summed E-state index contributed by atoms with van der Waals surface area (Å²) in [6.45, 7) is 0.783. The summed E-state index contributed by atoms with van der Waals surface area (Å²) < 4.78 is 21.3. The molecule has 202 valence electrons. The maximum atomic E-state index is 14.0. The quantitative estimate of drug-likeness (QED) is 0.370. The number of carbonyl (C=O) groups is 1. The lowest BCUT2D eigenvalue weighted by Gasteiger charge is -2.36. The summed E-state index contributed by atoms with van der Waals surface area (Å²) in [4.78, 5) is 19.8. The number of methoxy groups -OCH3 is 1. The maximum absolute atomic E-state index is 14.0. The van der Waals surface area contributed by atoms with Gasteiger partial charge in [0.15, 0.2) is 0 Å². The van der Waals surface area contributed by atoms with E-state index in [1.807, 2.05) is 29.0 Å². The number of pyridine rings is 1. The first kappa shape index (κ1) is 26.6. The molecule has 1 saturated carbocycles. The van der Waals surface area contributed by atoms with Crippen molar-refractivity contribution in [2.45, 2.75) is 62.5 Å². The maximum Gasteiger partial charge on any atom is 0.271 e. The summed E-state index contributed by atoms with van der Waals surface area (Å²) in [7, 11) is 1.59. The number of alkyl halides is 1. The van der Waals surface area contributed by atoms with E-state index in [0.29, 0.717) is 42.8 Å². The van der Waals surface area contributed by atoms with E-state index in [2.05, 4.69) is 10.3 Å². The second-order valence-electron chi connectivity index (χ2n) is 10.1. The highest BCUT2D eigenvalue weighted by Gasteiger charge is 2.34. The van der Waals surface area contributed by atoms with Gasteiger partial charge < -0.3 is 29.7 Å². The molecule has 2 aliphatic rings. The number of amides is 1. The van der Waals surface area contributed by atoms with Gasteiger partial charge in [0.25, 0.3) is 5.91 Å². The van der Waals surface area contributed by atoms with E-state index < -0.39 is 10.9 Å². The first-order chi connectivity index (χ1) is 18.3. The monoisotopic (exact) mass is 542 g/mol. The molecule has 1 atom stereocenters. The molecule has 0 saturated heterocycles. The number of anilines is 1. The number of benzene rings is 1. The number of aliphatic hydroxyl groups is 2. The van der Waals surface area contributed by atoms with Gasteiger partial charge in [0.2, 0.25) is 0 Å². The number of ether oxygens (including phenoxy) is 1. The van der Waals surface area contributed by atoms with E-state index in [-0.39, 0.29) is 31.1 Å². The highest BCUT2D eigenvalue weighted by Crippen LogP contribution is 2.34.